The third kappa shape index (κ3) is 2.61. The van der Waals surface area contributed by atoms with Crippen LogP contribution >= 0.6 is 0 Å². The van der Waals surface area contributed by atoms with Crippen LogP contribution in [-0.2, 0) is 6.54 Å². The summed E-state index contributed by atoms with van der Waals surface area (Å²) in [5.74, 6) is 0. The molecule has 0 aliphatic carbocycles. The zero-order valence-electron chi connectivity index (χ0n) is 9.63. The number of aliphatic hydroxyl groups excluding tert-OH is 1. The highest BCUT2D eigenvalue weighted by atomic mass is 16.3. The molecule has 0 aliphatic rings. The van der Waals surface area contributed by atoms with Gasteiger partial charge in [-0.1, -0.05) is 12.1 Å². The van der Waals surface area contributed by atoms with Crippen LogP contribution in [0.3, 0.4) is 0 Å². The first kappa shape index (κ1) is 11.1. The van der Waals surface area contributed by atoms with Gasteiger partial charge in [-0.3, -0.25) is 0 Å². The zero-order chi connectivity index (χ0) is 11.4. The number of imidazole rings is 1. The number of aliphatic hydroxyl groups is 1. The van der Waals surface area contributed by atoms with Crippen molar-refractivity contribution < 1.29 is 5.11 Å². The van der Waals surface area contributed by atoms with Gasteiger partial charge in [-0.05, 0) is 38.3 Å². The Hall–Kier alpha value is -1.35. The van der Waals surface area contributed by atoms with Crippen LogP contribution in [0.15, 0.2) is 30.6 Å². The van der Waals surface area contributed by atoms with E-state index >= 15 is 0 Å². The van der Waals surface area contributed by atoms with Crippen molar-refractivity contribution in [2.24, 2.45) is 0 Å². The van der Waals surface area contributed by atoms with Gasteiger partial charge in [-0.15, -0.1) is 0 Å². The van der Waals surface area contributed by atoms with Gasteiger partial charge in [0.1, 0.15) is 0 Å². The fourth-order valence-corrected chi connectivity index (χ4v) is 1.91. The predicted molar refractivity (Wildman–Crippen MR) is 65.3 cm³/mol. The fraction of sp³-hybridized carbons (Fsp3) is 0.462. The number of aryl methyl sites for hydroxylation is 1. The van der Waals surface area contributed by atoms with E-state index in [1.165, 1.54) is 5.52 Å². The summed E-state index contributed by atoms with van der Waals surface area (Å²) in [5.41, 5.74) is 2.25. The average molecular weight is 218 g/mol. The number of unbranched alkanes of at least 4 members (excludes halogenated alkanes) is 1. The van der Waals surface area contributed by atoms with Gasteiger partial charge in [0.05, 0.1) is 23.5 Å². The Balaban J connectivity index is 1.94. The maximum atomic E-state index is 9.16. The van der Waals surface area contributed by atoms with Crippen LogP contribution in [-0.4, -0.2) is 20.8 Å². The number of para-hydroxylation sites is 2. The minimum Gasteiger partial charge on any atom is -0.393 e. The van der Waals surface area contributed by atoms with Gasteiger partial charge in [0.15, 0.2) is 0 Å². The summed E-state index contributed by atoms with van der Waals surface area (Å²) >= 11 is 0. The van der Waals surface area contributed by atoms with Crippen LogP contribution in [0.25, 0.3) is 11.0 Å². The smallest absolute Gasteiger partial charge is 0.0958 e. The van der Waals surface area contributed by atoms with Gasteiger partial charge in [-0.2, -0.15) is 0 Å². The largest absolute Gasteiger partial charge is 0.393 e. The van der Waals surface area contributed by atoms with E-state index in [0.717, 1.165) is 31.3 Å². The monoisotopic (exact) mass is 218 g/mol. The fourth-order valence-electron chi connectivity index (χ4n) is 1.91. The average Bonchev–Trinajstić information content (AvgIpc) is 2.68. The molecule has 2 rings (SSSR count). The molecular weight excluding hydrogens is 200 g/mol. The Labute approximate surface area is 95.7 Å². The molecule has 3 heteroatoms. The number of benzene rings is 1. The van der Waals surface area contributed by atoms with Gasteiger partial charge in [0.25, 0.3) is 0 Å². The SMILES string of the molecule is CC(O)CCCCn1cnc2ccccc21. The molecular formula is C13H18N2O. The van der Waals surface area contributed by atoms with Crippen LogP contribution in [0.5, 0.6) is 0 Å². The third-order valence-corrected chi connectivity index (χ3v) is 2.80. The third-order valence-electron chi connectivity index (χ3n) is 2.80. The normalized spacial score (nSPS) is 13.1. The van der Waals surface area contributed by atoms with Gasteiger partial charge in [-0.25, -0.2) is 4.98 Å². The van der Waals surface area contributed by atoms with E-state index in [2.05, 4.69) is 15.6 Å². The lowest BCUT2D eigenvalue weighted by Crippen LogP contribution is -2.01. The van der Waals surface area contributed by atoms with Crippen LogP contribution < -0.4 is 0 Å². The summed E-state index contributed by atoms with van der Waals surface area (Å²) in [6.45, 7) is 2.82. The summed E-state index contributed by atoms with van der Waals surface area (Å²) in [6, 6.07) is 8.17. The van der Waals surface area contributed by atoms with E-state index < -0.39 is 0 Å². The van der Waals surface area contributed by atoms with E-state index in [1.54, 1.807) is 0 Å². The first-order chi connectivity index (χ1) is 7.77. The Morgan fingerprint density at radius 3 is 2.94 bits per heavy atom. The van der Waals surface area contributed by atoms with Crippen molar-refractivity contribution in [1.29, 1.82) is 0 Å². The molecule has 3 nitrogen and oxygen atoms in total. The number of fused-ring (bicyclic) bond motifs is 1. The van der Waals surface area contributed by atoms with Gasteiger partial charge >= 0.3 is 0 Å². The first-order valence-corrected chi connectivity index (χ1v) is 5.85. The Bertz CT molecular complexity index is 448. The Morgan fingerprint density at radius 1 is 1.31 bits per heavy atom. The highest BCUT2D eigenvalue weighted by molar-refractivity contribution is 5.74. The van der Waals surface area contributed by atoms with Crippen LogP contribution in [0.4, 0.5) is 0 Å². The lowest BCUT2D eigenvalue weighted by Gasteiger charge is -2.05. The number of nitrogens with zero attached hydrogens (tertiary/aromatic N) is 2. The highest BCUT2D eigenvalue weighted by Crippen LogP contribution is 2.13. The molecule has 0 radical (unpaired) electrons. The van der Waals surface area contributed by atoms with Crippen molar-refractivity contribution >= 4 is 11.0 Å². The molecule has 0 saturated carbocycles. The second kappa shape index (κ2) is 5.12. The second-order valence-corrected chi connectivity index (χ2v) is 4.27. The molecule has 0 spiro atoms. The van der Waals surface area contributed by atoms with Gasteiger partial charge in [0, 0.05) is 6.54 Å². The molecule has 1 aromatic heterocycles. The number of hydrogen-bond acceptors (Lipinski definition) is 2. The Morgan fingerprint density at radius 2 is 2.12 bits per heavy atom. The second-order valence-electron chi connectivity index (χ2n) is 4.27. The molecule has 1 heterocycles. The van der Waals surface area contributed by atoms with Gasteiger partial charge < -0.3 is 9.67 Å². The summed E-state index contributed by atoms with van der Waals surface area (Å²) in [6.07, 6.45) is 4.74. The predicted octanol–water partition coefficient (Wildman–Crippen LogP) is 2.59. The molecule has 1 N–H and O–H groups in total. The van der Waals surface area contributed by atoms with Crippen LogP contribution in [0, 0.1) is 0 Å². The maximum Gasteiger partial charge on any atom is 0.0958 e. The minimum atomic E-state index is -0.181. The van der Waals surface area contributed by atoms with E-state index in [9.17, 15) is 0 Å². The van der Waals surface area contributed by atoms with Crippen molar-refractivity contribution in [2.75, 3.05) is 0 Å². The van der Waals surface area contributed by atoms with E-state index in [-0.39, 0.29) is 6.10 Å². The topological polar surface area (TPSA) is 38.0 Å². The highest BCUT2D eigenvalue weighted by Gasteiger charge is 2.01. The molecule has 86 valence electrons. The molecule has 0 aliphatic heterocycles. The quantitative estimate of drug-likeness (QED) is 0.783. The standard InChI is InChI=1S/C13H18N2O/c1-11(16)6-4-5-9-15-10-14-12-7-2-3-8-13(12)15/h2-3,7-8,10-11,16H,4-6,9H2,1H3. The van der Waals surface area contributed by atoms with E-state index in [1.807, 2.05) is 31.5 Å². The molecule has 1 atom stereocenters. The molecule has 16 heavy (non-hydrogen) atoms. The van der Waals surface area contributed by atoms with Crippen LogP contribution in [0.1, 0.15) is 26.2 Å². The summed E-state index contributed by atoms with van der Waals surface area (Å²) < 4.78 is 2.18. The lowest BCUT2D eigenvalue weighted by molar-refractivity contribution is 0.180. The zero-order valence-corrected chi connectivity index (χ0v) is 9.63. The number of rotatable bonds is 5. The summed E-state index contributed by atoms with van der Waals surface area (Å²) in [5, 5.41) is 9.16. The molecule has 1 aromatic carbocycles. The maximum absolute atomic E-state index is 9.16. The van der Waals surface area contributed by atoms with Crippen molar-refractivity contribution in [2.45, 2.75) is 38.8 Å². The molecule has 0 bridgehead atoms. The van der Waals surface area contributed by atoms with E-state index in [4.69, 9.17) is 5.11 Å². The first-order valence-electron chi connectivity index (χ1n) is 5.85. The molecule has 0 amide bonds. The van der Waals surface area contributed by atoms with Crippen molar-refractivity contribution in [3.05, 3.63) is 30.6 Å². The number of aromatic nitrogens is 2. The minimum absolute atomic E-state index is 0.181. The van der Waals surface area contributed by atoms with Gasteiger partial charge in [0.2, 0.25) is 0 Å². The summed E-state index contributed by atoms with van der Waals surface area (Å²) in [7, 11) is 0. The molecule has 0 saturated heterocycles. The number of hydrogen-bond donors (Lipinski definition) is 1. The Kier molecular flexibility index (Phi) is 3.57. The van der Waals surface area contributed by atoms with Crippen molar-refractivity contribution in [3.8, 4) is 0 Å². The van der Waals surface area contributed by atoms with Crippen molar-refractivity contribution in [1.82, 2.24) is 9.55 Å². The van der Waals surface area contributed by atoms with Crippen molar-refractivity contribution in [3.63, 3.8) is 0 Å². The van der Waals surface area contributed by atoms with E-state index in [0.29, 0.717) is 0 Å². The van der Waals surface area contributed by atoms with Crippen LogP contribution in [0.2, 0.25) is 0 Å². The lowest BCUT2D eigenvalue weighted by atomic mass is 10.2. The summed E-state index contributed by atoms with van der Waals surface area (Å²) in [4.78, 5) is 4.35. The molecule has 0 fully saturated rings. The molecule has 2 aromatic rings. The molecule has 1 unspecified atom stereocenters.